The Morgan fingerprint density at radius 2 is 1.55 bits per heavy atom. The van der Waals surface area contributed by atoms with Gasteiger partial charge in [0, 0.05) is 31.6 Å². The predicted octanol–water partition coefficient (Wildman–Crippen LogP) is 3.53. The highest BCUT2D eigenvalue weighted by molar-refractivity contribution is 5.82. The van der Waals surface area contributed by atoms with Gasteiger partial charge in [-0.25, -0.2) is 0 Å². The van der Waals surface area contributed by atoms with Crippen molar-refractivity contribution in [3.05, 3.63) is 35.4 Å². The zero-order valence-corrected chi connectivity index (χ0v) is 18.4. The molecule has 1 unspecified atom stereocenters. The van der Waals surface area contributed by atoms with E-state index in [1.807, 2.05) is 18.2 Å². The third-order valence-corrected chi connectivity index (χ3v) is 5.94. The maximum absolute atomic E-state index is 12.9. The van der Waals surface area contributed by atoms with Gasteiger partial charge in [-0.3, -0.25) is 4.79 Å². The normalized spacial score (nSPS) is 23.5. The lowest BCUT2D eigenvalue weighted by molar-refractivity contribution is -0.199. The van der Waals surface area contributed by atoms with E-state index >= 15 is 0 Å². The molecular formula is C23H26O8. The molecule has 0 spiro atoms. The van der Waals surface area contributed by atoms with Gasteiger partial charge in [0.15, 0.2) is 23.0 Å². The van der Waals surface area contributed by atoms with Crippen LogP contribution in [0.4, 0.5) is 0 Å². The molecule has 2 aliphatic heterocycles. The lowest BCUT2D eigenvalue weighted by atomic mass is 9.72. The van der Waals surface area contributed by atoms with Crippen LogP contribution in [0.25, 0.3) is 0 Å². The standard InChI is InChI=1S/C23H26O8/c1-12(24)21-20(13-7-18(25-3)22(27-5)19(8-13)26-4)14-9-16-17(30-11-29-16)10-15(14)31-23(21,2)28-6/h7-10,20-21H,11H2,1-6H3/t20-,21+,23?/m1/s1. The summed E-state index contributed by atoms with van der Waals surface area (Å²) >= 11 is 0. The first kappa shape index (κ1) is 21.1. The van der Waals surface area contributed by atoms with E-state index in [-0.39, 0.29) is 12.6 Å². The molecule has 2 heterocycles. The molecule has 31 heavy (non-hydrogen) atoms. The molecular weight excluding hydrogens is 404 g/mol. The third-order valence-electron chi connectivity index (χ3n) is 5.94. The van der Waals surface area contributed by atoms with Crippen molar-refractivity contribution in [1.82, 2.24) is 0 Å². The van der Waals surface area contributed by atoms with E-state index in [1.54, 1.807) is 34.3 Å². The Hall–Kier alpha value is -3.13. The fourth-order valence-corrected chi connectivity index (χ4v) is 4.46. The van der Waals surface area contributed by atoms with Crippen LogP contribution in [0, 0.1) is 5.92 Å². The second-order valence-corrected chi connectivity index (χ2v) is 7.59. The molecule has 0 aliphatic carbocycles. The van der Waals surface area contributed by atoms with Crippen molar-refractivity contribution in [2.24, 2.45) is 5.92 Å². The number of fused-ring (bicyclic) bond motifs is 2. The van der Waals surface area contributed by atoms with E-state index in [9.17, 15) is 4.79 Å². The fourth-order valence-electron chi connectivity index (χ4n) is 4.46. The lowest BCUT2D eigenvalue weighted by Gasteiger charge is -2.44. The first-order valence-electron chi connectivity index (χ1n) is 9.84. The monoisotopic (exact) mass is 430 g/mol. The zero-order valence-electron chi connectivity index (χ0n) is 18.4. The Balaban J connectivity index is 1.99. The Morgan fingerprint density at radius 1 is 0.935 bits per heavy atom. The molecule has 3 atom stereocenters. The topological polar surface area (TPSA) is 81.7 Å². The van der Waals surface area contributed by atoms with Gasteiger partial charge in [-0.1, -0.05) is 0 Å². The van der Waals surface area contributed by atoms with Gasteiger partial charge in [0.2, 0.25) is 18.3 Å². The molecule has 2 aliphatic rings. The van der Waals surface area contributed by atoms with E-state index in [0.717, 1.165) is 11.1 Å². The minimum atomic E-state index is -1.20. The highest BCUT2D eigenvalue weighted by Gasteiger charge is 2.51. The van der Waals surface area contributed by atoms with Crippen LogP contribution in [0.1, 0.15) is 30.9 Å². The number of hydrogen-bond acceptors (Lipinski definition) is 8. The van der Waals surface area contributed by atoms with E-state index < -0.39 is 17.6 Å². The van der Waals surface area contributed by atoms with Crippen LogP contribution >= 0.6 is 0 Å². The molecule has 2 aromatic carbocycles. The van der Waals surface area contributed by atoms with Gasteiger partial charge in [-0.2, -0.15) is 0 Å². The zero-order chi connectivity index (χ0) is 22.3. The van der Waals surface area contributed by atoms with Crippen LogP contribution in [0.15, 0.2) is 24.3 Å². The average molecular weight is 430 g/mol. The predicted molar refractivity (Wildman–Crippen MR) is 111 cm³/mol. The van der Waals surface area contributed by atoms with Crippen LogP contribution in [0.5, 0.6) is 34.5 Å². The number of ether oxygens (including phenoxy) is 7. The summed E-state index contributed by atoms with van der Waals surface area (Å²) in [7, 11) is 6.18. The van der Waals surface area contributed by atoms with E-state index in [0.29, 0.717) is 34.5 Å². The van der Waals surface area contributed by atoms with Crippen molar-refractivity contribution in [1.29, 1.82) is 0 Å². The average Bonchev–Trinajstić information content (AvgIpc) is 3.22. The number of benzene rings is 2. The second-order valence-electron chi connectivity index (χ2n) is 7.59. The van der Waals surface area contributed by atoms with Crippen LogP contribution in [-0.4, -0.2) is 46.8 Å². The first-order chi connectivity index (χ1) is 14.9. The van der Waals surface area contributed by atoms with Gasteiger partial charge in [0.25, 0.3) is 0 Å². The summed E-state index contributed by atoms with van der Waals surface area (Å²) in [5.41, 5.74) is 1.58. The number of methoxy groups -OCH3 is 4. The Bertz CT molecular complexity index is 992. The summed E-state index contributed by atoms with van der Waals surface area (Å²) in [5.74, 6) is 0.862. The second kappa shape index (κ2) is 7.85. The smallest absolute Gasteiger partial charge is 0.231 e. The number of ketones is 1. The summed E-state index contributed by atoms with van der Waals surface area (Å²) in [4.78, 5) is 12.9. The molecule has 0 saturated heterocycles. The van der Waals surface area contributed by atoms with E-state index in [4.69, 9.17) is 33.2 Å². The minimum Gasteiger partial charge on any atom is -0.493 e. The molecule has 166 valence electrons. The molecule has 8 heteroatoms. The van der Waals surface area contributed by atoms with Crippen molar-refractivity contribution in [2.45, 2.75) is 25.6 Å². The largest absolute Gasteiger partial charge is 0.493 e. The number of hydrogen-bond donors (Lipinski definition) is 0. The van der Waals surface area contributed by atoms with Gasteiger partial charge in [0.05, 0.1) is 27.2 Å². The molecule has 0 saturated carbocycles. The minimum absolute atomic E-state index is 0.0774. The van der Waals surface area contributed by atoms with Gasteiger partial charge in [0.1, 0.15) is 11.5 Å². The fraction of sp³-hybridized carbons (Fsp3) is 0.435. The molecule has 0 aromatic heterocycles. The maximum Gasteiger partial charge on any atom is 0.231 e. The van der Waals surface area contributed by atoms with Gasteiger partial charge in [-0.15, -0.1) is 0 Å². The molecule has 2 aromatic rings. The number of carbonyl (C=O) groups excluding carboxylic acids is 1. The van der Waals surface area contributed by atoms with Crippen molar-refractivity contribution in [3.8, 4) is 34.5 Å². The molecule has 4 rings (SSSR count). The molecule has 0 amide bonds. The van der Waals surface area contributed by atoms with Crippen LogP contribution in [-0.2, 0) is 9.53 Å². The maximum atomic E-state index is 12.9. The van der Waals surface area contributed by atoms with E-state index in [1.165, 1.54) is 14.0 Å². The number of carbonyl (C=O) groups is 1. The van der Waals surface area contributed by atoms with Gasteiger partial charge in [-0.05, 0) is 30.7 Å². The first-order valence-corrected chi connectivity index (χ1v) is 9.84. The lowest BCUT2D eigenvalue weighted by Crippen LogP contribution is -2.51. The van der Waals surface area contributed by atoms with Crippen LogP contribution in [0.3, 0.4) is 0 Å². The van der Waals surface area contributed by atoms with Crippen LogP contribution < -0.4 is 28.4 Å². The Kier molecular flexibility index (Phi) is 5.35. The van der Waals surface area contributed by atoms with Crippen molar-refractivity contribution >= 4 is 5.78 Å². The SMILES string of the molecule is COc1cc([C@@H]2c3cc4c(cc3OC(C)(OC)[C@H]2C(C)=O)OCO4)cc(OC)c1OC. The van der Waals surface area contributed by atoms with Gasteiger partial charge < -0.3 is 33.2 Å². The molecule has 0 radical (unpaired) electrons. The summed E-state index contributed by atoms with van der Waals surface area (Å²) in [6, 6.07) is 7.32. The van der Waals surface area contributed by atoms with Crippen LogP contribution in [0.2, 0.25) is 0 Å². The third kappa shape index (κ3) is 3.31. The molecule has 0 fully saturated rings. The quantitative estimate of drug-likeness (QED) is 0.689. The summed E-state index contributed by atoms with van der Waals surface area (Å²) in [6.07, 6.45) is 0. The highest BCUT2D eigenvalue weighted by Crippen LogP contribution is 2.54. The highest BCUT2D eigenvalue weighted by atomic mass is 16.7. The van der Waals surface area contributed by atoms with E-state index in [2.05, 4.69) is 0 Å². The van der Waals surface area contributed by atoms with Gasteiger partial charge >= 0.3 is 0 Å². The number of rotatable bonds is 6. The Morgan fingerprint density at radius 3 is 2.06 bits per heavy atom. The Labute approximate surface area is 180 Å². The molecule has 0 N–H and O–H groups in total. The molecule has 8 nitrogen and oxygen atoms in total. The number of Topliss-reactive ketones (excluding diaryl/α,β-unsaturated/α-hetero) is 1. The van der Waals surface area contributed by atoms with Crippen molar-refractivity contribution in [2.75, 3.05) is 35.2 Å². The van der Waals surface area contributed by atoms with Crippen molar-refractivity contribution in [3.63, 3.8) is 0 Å². The summed E-state index contributed by atoms with van der Waals surface area (Å²) in [6.45, 7) is 3.43. The summed E-state index contributed by atoms with van der Waals surface area (Å²) in [5, 5.41) is 0. The molecule has 0 bridgehead atoms. The van der Waals surface area contributed by atoms with Crippen molar-refractivity contribution < 1.29 is 38.0 Å². The summed E-state index contributed by atoms with van der Waals surface area (Å²) < 4.78 is 39.6.